The lowest BCUT2D eigenvalue weighted by Crippen LogP contribution is -2.45. The number of piperidine rings is 1. The van der Waals surface area contributed by atoms with Gasteiger partial charge < -0.3 is 10.4 Å². The van der Waals surface area contributed by atoms with Crippen LogP contribution in [0.2, 0.25) is 5.02 Å². The monoisotopic (exact) mass is 303 g/mol. The molecule has 1 heterocycles. The van der Waals surface area contributed by atoms with Gasteiger partial charge in [0, 0.05) is 17.1 Å². The number of aliphatic hydroxyl groups is 1. The summed E-state index contributed by atoms with van der Waals surface area (Å²) in [5.41, 5.74) is 0.914. The number of halogens is 2. The minimum absolute atomic E-state index is 0. The van der Waals surface area contributed by atoms with E-state index in [0.29, 0.717) is 11.1 Å². The van der Waals surface area contributed by atoms with E-state index in [1.54, 1.807) is 0 Å². The Morgan fingerprint density at radius 1 is 1.42 bits per heavy atom. The van der Waals surface area contributed by atoms with E-state index in [9.17, 15) is 5.11 Å². The summed E-state index contributed by atoms with van der Waals surface area (Å²) in [6, 6.07) is 8.26. The van der Waals surface area contributed by atoms with Gasteiger partial charge in [-0.3, -0.25) is 0 Å². The van der Waals surface area contributed by atoms with Crippen LogP contribution in [0.15, 0.2) is 24.3 Å². The van der Waals surface area contributed by atoms with E-state index in [4.69, 9.17) is 11.6 Å². The molecule has 4 heteroatoms. The van der Waals surface area contributed by atoms with Crippen molar-refractivity contribution in [2.24, 2.45) is 0 Å². The highest BCUT2D eigenvalue weighted by molar-refractivity contribution is 6.30. The molecule has 108 valence electrons. The Hall–Kier alpha value is -0.280. The van der Waals surface area contributed by atoms with Crippen LogP contribution in [0, 0.1) is 0 Å². The van der Waals surface area contributed by atoms with E-state index in [2.05, 4.69) is 12.2 Å². The molecule has 2 N–H and O–H groups in total. The molecule has 1 aliphatic rings. The number of hydrogen-bond acceptors (Lipinski definition) is 2. The third-order valence-electron chi connectivity index (χ3n) is 3.73. The summed E-state index contributed by atoms with van der Waals surface area (Å²) in [4.78, 5) is 0. The van der Waals surface area contributed by atoms with Gasteiger partial charge in [-0.25, -0.2) is 0 Å². The van der Waals surface area contributed by atoms with Crippen molar-refractivity contribution in [1.29, 1.82) is 0 Å². The first-order chi connectivity index (χ1) is 8.70. The second kappa shape index (κ2) is 8.11. The van der Waals surface area contributed by atoms with Crippen LogP contribution in [-0.4, -0.2) is 17.2 Å². The highest BCUT2D eigenvalue weighted by Gasteiger charge is 2.26. The zero-order chi connectivity index (χ0) is 13.0. The Labute approximate surface area is 127 Å². The molecule has 0 aromatic heterocycles. The molecule has 3 atom stereocenters. The average molecular weight is 304 g/mol. The van der Waals surface area contributed by atoms with Crippen molar-refractivity contribution in [3.05, 3.63) is 34.9 Å². The van der Waals surface area contributed by atoms with Crippen LogP contribution in [0.25, 0.3) is 0 Å². The van der Waals surface area contributed by atoms with Crippen LogP contribution >= 0.6 is 24.0 Å². The van der Waals surface area contributed by atoms with Crippen molar-refractivity contribution in [2.45, 2.75) is 57.2 Å². The van der Waals surface area contributed by atoms with Crippen molar-refractivity contribution in [2.75, 3.05) is 0 Å². The van der Waals surface area contributed by atoms with Crippen LogP contribution in [0.5, 0.6) is 0 Å². The molecule has 1 aliphatic heterocycles. The fourth-order valence-electron chi connectivity index (χ4n) is 2.80. The molecule has 0 bridgehead atoms. The maximum Gasteiger partial charge on any atom is 0.0943 e. The van der Waals surface area contributed by atoms with Crippen molar-refractivity contribution in [1.82, 2.24) is 5.32 Å². The lowest BCUT2D eigenvalue weighted by atomic mass is 9.90. The molecule has 0 aliphatic carbocycles. The van der Waals surface area contributed by atoms with E-state index in [-0.39, 0.29) is 18.4 Å². The van der Waals surface area contributed by atoms with Crippen LogP contribution in [0.4, 0.5) is 0 Å². The molecule has 0 amide bonds. The first kappa shape index (κ1) is 16.8. The normalized spacial score (nSPS) is 24.6. The fourth-order valence-corrected chi connectivity index (χ4v) is 3.00. The molecule has 0 spiro atoms. The van der Waals surface area contributed by atoms with Crippen molar-refractivity contribution in [3.63, 3.8) is 0 Å². The van der Waals surface area contributed by atoms with E-state index in [1.165, 1.54) is 25.7 Å². The summed E-state index contributed by atoms with van der Waals surface area (Å²) < 4.78 is 0. The SMILES string of the molecule is CCC[C@H]1CCC[C@H]([C@@H](O)c2cccc(Cl)c2)N1.Cl. The third kappa shape index (κ3) is 4.64. The molecule has 0 saturated carbocycles. The van der Waals surface area contributed by atoms with E-state index in [1.807, 2.05) is 24.3 Å². The molecule has 1 aromatic carbocycles. The lowest BCUT2D eigenvalue weighted by molar-refractivity contribution is 0.0998. The maximum absolute atomic E-state index is 10.4. The molecule has 1 saturated heterocycles. The predicted octanol–water partition coefficient (Wildman–Crippen LogP) is 4.11. The summed E-state index contributed by atoms with van der Waals surface area (Å²) in [5.74, 6) is 0. The molecular formula is C15H23Cl2NO. The van der Waals surface area contributed by atoms with Crippen molar-refractivity contribution >= 4 is 24.0 Å². The van der Waals surface area contributed by atoms with E-state index < -0.39 is 6.10 Å². The van der Waals surface area contributed by atoms with Gasteiger partial charge >= 0.3 is 0 Å². The van der Waals surface area contributed by atoms with Gasteiger partial charge in [0.2, 0.25) is 0 Å². The summed E-state index contributed by atoms with van der Waals surface area (Å²) in [6.07, 6.45) is 5.39. The second-order valence-electron chi connectivity index (χ2n) is 5.19. The largest absolute Gasteiger partial charge is 0.387 e. The van der Waals surface area contributed by atoms with Gasteiger partial charge in [0.05, 0.1) is 6.10 Å². The molecule has 2 nitrogen and oxygen atoms in total. The molecule has 2 rings (SSSR count). The van der Waals surface area contributed by atoms with Gasteiger partial charge in [-0.2, -0.15) is 0 Å². The van der Waals surface area contributed by atoms with Crippen LogP contribution in [0.3, 0.4) is 0 Å². The second-order valence-corrected chi connectivity index (χ2v) is 5.63. The number of nitrogens with one attached hydrogen (secondary N) is 1. The Kier molecular flexibility index (Phi) is 7.16. The van der Waals surface area contributed by atoms with Gasteiger partial charge in [0.15, 0.2) is 0 Å². The standard InChI is InChI=1S/C15H22ClNO.ClH/c1-2-5-13-8-4-9-14(17-13)15(18)11-6-3-7-12(16)10-11;/h3,6-7,10,13-15,17-18H,2,4-5,8-9H2,1H3;1H/t13-,14+,15-;/m0./s1. The lowest BCUT2D eigenvalue weighted by Gasteiger charge is -2.34. The number of rotatable bonds is 4. The summed E-state index contributed by atoms with van der Waals surface area (Å²) in [5, 5.41) is 14.7. The van der Waals surface area contributed by atoms with Gasteiger partial charge in [-0.1, -0.05) is 43.5 Å². The molecule has 1 aromatic rings. The third-order valence-corrected chi connectivity index (χ3v) is 3.96. The van der Waals surface area contributed by atoms with Gasteiger partial charge in [0.1, 0.15) is 0 Å². The van der Waals surface area contributed by atoms with Gasteiger partial charge in [0.25, 0.3) is 0 Å². The van der Waals surface area contributed by atoms with Crippen molar-refractivity contribution in [3.8, 4) is 0 Å². The van der Waals surface area contributed by atoms with Crippen LogP contribution in [0.1, 0.15) is 50.7 Å². The molecule has 1 fully saturated rings. The summed E-state index contributed by atoms with van der Waals surface area (Å²) in [6.45, 7) is 2.21. The van der Waals surface area contributed by atoms with E-state index >= 15 is 0 Å². The molecule has 0 radical (unpaired) electrons. The highest BCUT2D eigenvalue weighted by atomic mass is 35.5. The predicted molar refractivity (Wildman–Crippen MR) is 83.1 cm³/mol. The highest BCUT2D eigenvalue weighted by Crippen LogP contribution is 2.27. The quantitative estimate of drug-likeness (QED) is 0.877. The van der Waals surface area contributed by atoms with Crippen molar-refractivity contribution < 1.29 is 5.11 Å². The number of benzene rings is 1. The summed E-state index contributed by atoms with van der Waals surface area (Å²) >= 11 is 5.97. The average Bonchev–Trinajstić information content (AvgIpc) is 2.39. The van der Waals surface area contributed by atoms with Crippen LogP contribution < -0.4 is 5.32 Å². The van der Waals surface area contributed by atoms with Gasteiger partial charge in [-0.15, -0.1) is 12.4 Å². The minimum Gasteiger partial charge on any atom is -0.387 e. The topological polar surface area (TPSA) is 32.3 Å². The zero-order valence-corrected chi connectivity index (χ0v) is 12.9. The minimum atomic E-state index is -0.455. The Morgan fingerprint density at radius 3 is 2.89 bits per heavy atom. The Morgan fingerprint density at radius 2 is 2.21 bits per heavy atom. The van der Waals surface area contributed by atoms with Gasteiger partial charge in [-0.05, 0) is 37.0 Å². The first-order valence-electron chi connectivity index (χ1n) is 6.90. The van der Waals surface area contributed by atoms with Crippen LogP contribution in [-0.2, 0) is 0 Å². The smallest absolute Gasteiger partial charge is 0.0943 e. The molecule has 0 unspecified atom stereocenters. The molecule has 19 heavy (non-hydrogen) atoms. The number of aliphatic hydroxyl groups excluding tert-OH is 1. The summed E-state index contributed by atoms with van der Waals surface area (Å²) in [7, 11) is 0. The van der Waals surface area contributed by atoms with E-state index in [0.717, 1.165) is 12.0 Å². The Bertz CT molecular complexity index is 384. The first-order valence-corrected chi connectivity index (χ1v) is 7.28. The maximum atomic E-state index is 10.4. The molecular weight excluding hydrogens is 281 g/mol. The number of hydrogen-bond donors (Lipinski definition) is 2. The zero-order valence-electron chi connectivity index (χ0n) is 11.3. The Balaban J connectivity index is 0.00000180. The fraction of sp³-hybridized carbons (Fsp3) is 0.600.